The highest BCUT2D eigenvalue weighted by atomic mass is 16.6. The van der Waals surface area contributed by atoms with Crippen LogP contribution < -0.4 is 14.2 Å². The van der Waals surface area contributed by atoms with Gasteiger partial charge in [0, 0.05) is 38.3 Å². The van der Waals surface area contributed by atoms with E-state index in [1.165, 1.54) is 21.3 Å². The lowest BCUT2D eigenvalue weighted by Gasteiger charge is -2.35. The maximum Gasteiger partial charge on any atom is 0.410 e. The highest BCUT2D eigenvalue weighted by Gasteiger charge is 2.29. The number of carbonyl (C=O) groups is 2. The maximum atomic E-state index is 13.0. The van der Waals surface area contributed by atoms with Gasteiger partial charge in [0.2, 0.25) is 0 Å². The predicted octanol–water partition coefficient (Wildman–Crippen LogP) is 2.41. The Morgan fingerprint density at radius 1 is 0.815 bits per heavy atom. The van der Waals surface area contributed by atoms with E-state index in [2.05, 4.69) is 0 Å². The number of hydrogen-bond acceptors (Lipinski definition) is 6. The third-order valence-electron chi connectivity index (χ3n) is 4.15. The average Bonchev–Trinajstić information content (AvgIpc) is 2.65. The van der Waals surface area contributed by atoms with Crippen LogP contribution in [0.1, 0.15) is 31.1 Å². The largest absolute Gasteiger partial charge is 0.496 e. The molecule has 150 valence electrons. The molecule has 0 spiro atoms. The summed E-state index contributed by atoms with van der Waals surface area (Å²) in [4.78, 5) is 28.4. The number of ether oxygens (including phenoxy) is 4. The summed E-state index contributed by atoms with van der Waals surface area (Å²) in [7, 11) is 4.53. The third-order valence-corrected chi connectivity index (χ3v) is 4.15. The van der Waals surface area contributed by atoms with Crippen LogP contribution in [0.25, 0.3) is 0 Å². The van der Waals surface area contributed by atoms with Crippen molar-refractivity contribution in [3.8, 4) is 17.2 Å². The van der Waals surface area contributed by atoms with Crippen LogP contribution in [-0.2, 0) is 4.74 Å². The first-order valence-electron chi connectivity index (χ1n) is 8.77. The molecule has 0 unspecified atom stereocenters. The molecule has 8 heteroatoms. The monoisotopic (exact) mass is 380 g/mol. The van der Waals surface area contributed by atoms with Crippen molar-refractivity contribution < 1.29 is 28.5 Å². The van der Waals surface area contributed by atoms with Crippen LogP contribution in [0.15, 0.2) is 12.1 Å². The van der Waals surface area contributed by atoms with Gasteiger partial charge in [-0.3, -0.25) is 4.79 Å². The van der Waals surface area contributed by atoms with E-state index in [1.807, 2.05) is 20.8 Å². The van der Waals surface area contributed by atoms with Gasteiger partial charge < -0.3 is 28.7 Å². The minimum Gasteiger partial charge on any atom is -0.496 e. The number of amides is 2. The summed E-state index contributed by atoms with van der Waals surface area (Å²) < 4.78 is 21.3. The Bertz CT molecular complexity index is 690. The summed E-state index contributed by atoms with van der Waals surface area (Å²) in [5.41, 5.74) is -0.155. The Balaban J connectivity index is 2.11. The minimum absolute atomic E-state index is 0.184. The maximum absolute atomic E-state index is 13.0. The number of methoxy groups -OCH3 is 3. The van der Waals surface area contributed by atoms with Crippen molar-refractivity contribution in [1.82, 2.24) is 9.80 Å². The normalized spacial score (nSPS) is 14.6. The lowest BCUT2D eigenvalue weighted by Crippen LogP contribution is -2.51. The van der Waals surface area contributed by atoms with Crippen LogP contribution in [0.4, 0.5) is 4.79 Å². The topological polar surface area (TPSA) is 77.5 Å². The van der Waals surface area contributed by atoms with Gasteiger partial charge in [-0.1, -0.05) is 0 Å². The van der Waals surface area contributed by atoms with E-state index in [1.54, 1.807) is 21.9 Å². The molecule has 8 nitrogen and oxygen atoms in total. The second-order valence-electron chi connectivity index (χ2n) is 7.17. The summed E-state index contributed by atoms with van der Waals surface area (Å²) in [6, 6.07) is 3.24. The molecular weight excluding hydrogens is 352 g/mol. The molecule has 27 heavy (non-hydrogen) atoms. The van der Waals surface area contributed by atoms with Gasteiger partial charge in [0.05, 0.1) is 26.9 Å². The van der Waals surface area contributed by atoms with Gasteiger partial charge in [-0.2, -0.15) is 0 Å². The Labute approximate surface area is 159 Å². The molecule has 1 saturated heterocycles. The summed E-state index contributed by atoms with van der Waals surface area (Å²) in [6.07, 6.45) is -0.363. The van der Waals surface area contributed by atoms with E-state index in [0.717, 1.165) is 0 Å². The van der Waals surface area contributed by atoms with Crippen molar-refractivity contribution in [1.29, 1.82) is 0 Å². The molecule has 1 fully saturated rings. The van der Waals surface area contributed by atoms with Crippen molar-refractivity contribution in [3.63, 3.8) is 0 Å². The fourth-order valence-electron chi connectivity index (χ4n) is 2.79. The lowest BCUT2D eigenvalue weighted by molar-refractivity contribution is 0.0140. The van der Waals surface area contributed by atoms with Crippen molar-refractivity contribution in [2.24, 2.45) is 0 Å². The molecule has 1 aliphatic rings. The minimum atomic E-state index is -0.545. The molecule has 0 radical (unpaired) electrons. The second-order valence-corrected chi connectivity index (χ2v) is 7.17. The van der Waals surface area contributed by atoms with Gasteiger partial charge in [-0.15, -0.1) is 0 Å². The van der Waals surface area contributed by atoms with E-state index < -0.39 is 5.60 Å². The average molecular weight is 380 g/mol. The summed E-state index contributed by atoms with van der Waals surface area (Å²) >= 11 is 0. The molecule has 0 atom stereocenters. The lowest BCUT2D eigenvalue weighted by atomic mass is 10.1. The first kappa shape index (κ1) is 20.7. The highest BCUT2D eigenvalue weighted by molar-refractivity contribution is 5.98. The highest BCUT2D eigenvalue weighted by Crippen LogP contribution is 2.35. The predicted molar refractivity (Wildman–Crippen MR) is 99.8 cm³/mol. The Morgan fingerprint density at radius 2 is 1.30 bits per heavy atom. The quantitative estimate of drug-likeness (QED) is 0.798. The van der Waals surface area contributed by atoms with Gasteiger partial charge >= 0.3 is 6.09 Å². The number of carbonyl (C=O) groups excluding carboxylic acids is 2. The molecule has 1 aromatic carbocycles. The molecule has 1 heterocycles. The molecule has 0 aromatic heterocycles. The zero-order valence-corrected chi connectivity index (χ0v) is 16.8. The van der Waals surface area contributed by atoms with Crippen molar-refractivity contribution in [3.05, 3.63) is 17.7 Å². The molecule has 0 saturated carbocycles. The van der Waals surface area contributed by atoms with Crippen LogP contribution in [0.2, 0.25) is 0 Å². The van der Waals surface area contributed by atoms with E-state index in [9.17, 15) is 9.59 Å². The number of nitrogens with zero attached hydrogens (tertiary/aromatic N) is 2. The second kappa shape index (κ2) is 8.37. The molecule has 0 bridgehead atoms. The van der Waals surface area contributed by atoms with Gasteiger partial charge in [0.15, 0.2) is 11.5 Å². The molecule has 1 aliphatic heterocycles. The first-order chi connectivity index (χ1) is 12.7. The summed E-state index contributed by atoms with van der Waals surface area (Å²) in [5.74, 6) is 1.17. The molecule has 2 rings (SSSR count). The third kappa shape index (κ3) is 4.96. The molecule has 0 N–H and O–H groups in total. The smallest absolute Gasteiger partial charge is 0.410 e. The van der Waals surface area contributed by atoms with Crippen molar-refractivity contribution in [2.45, 2.75) is 26.4 Å². The van der Waals surface area contributed by atoms with Crippen LogP contribution in [-0.4, -0.2) is 74.9 Å². The number of rotatable bonds is 4. The van der Waals surface area contributed by atoms with E-state index in [0.29, 0.717) is 49.0 Å². The fourth-order valence-corrected chi connectivity index (χ4v) is 2.79. The molecular formula is C19H28N2O6. The van der Waals surface area contributed by atoms with Crippen LogP contribution in [0.5, 0.6) is 17.2 Å². The van der Waals surface area contributed by atoms with Crippen molar-refractivity contribution >= 4 is 12.0 Å². The molecule has 0 aliphatic carbocycles. The molecule has 2 amide bonds. The summed E-state index contributed by atoms with van der Waals surface area (Å²) in [5, 5.41) is 0. The van der Waals surface area contributed by atoms with Gasteiger partial charge in [0.1, 0.15) is 11.4 Å². The van der Waals surface area contributed by atoms with Gasteiger partial charge in [0.25, 0.3) is 5.91 Å². The zero-order chi connectivity index (χ0) is 20.2. The van der Waals surface area contributed by atoms with Crippen LogP contribution in [0, 0.1) is 0 Å². The summed E-state index contributed by atoms with van der Waals surface area (Å²) in [6.45, 7) is 7.13. The van der Waals surface area contributed by atoms with Gasteiger partial charge in [-0.25, -0.2) is 4.79 Å². The van der Waals surface area contributed by atoms with E-state index >= 15 is 0 Å². The number of benzene rings is 1. The zero-order valence-electron chi connectivity index (χ0n) is 16.8. The van der Waals surface area contributed by atoms with E-state index in [4.69, 9.17) is 18.9 Å². The molecule has 1 aromatic rings. The number of hydrogen-bond donors (Lipinski definition) is 0. The fraction of sp³-hybridized carbons (Fsp3) is 0.579. The Kier molecular flexibility index (Phi) is 6.41. The van der Waals surface area contributed by atoms with Crippen molar-refractivity contribution in [2.75, 3.05) is 47.5 Å². The Morgan fingerprint density at radius 3 is 1.78 bits per heavy atom. The van der Waals surface area contributed by atoms with E-state index in [-0.39, 0.29) is 12.0 Å². The first-order valence-corrected chi connectivity index (χ1v) is 8.77. The van der Waals surface area contributed by atoms with Crippen LogP contribution in [0.3, 0.4) is 0 Å². The SMILES string of the molecule is COc1cc(OC)c(C(=O)N2CCN(C(=O)OC(C)(C)C)CC2)cc1OC. The van der Waals surface area contributed by atoms with Crippen LogP contribution >= 0.6 is 0 Å². The Hall–Kier alpha value is -2.64. The standard InChI is InChI=1S/C19H28N2O6/c1-19(2,3)27-18(23)21-9-7-20(8-10-21)17(22)13-11-15(25-5)16(26-6)12-14(13)24-4/h11-12H,7-10H2,1-6H3. The van der Waals surface area contributed by atoms with Gasteiger partial charge in [-0.05, 0) is 20.8 Å². The number of piperazine rings is 1.